The van der Waals surface area contributed by atoms with Crippen LogP contribution in [0.4, 0.5) is 9.18 Å². The van der Waals surface area contributed by atoms with E-state index in [1.807, 2.05) is 0 Å². The number of aliphatic hydroxyl groups excluding tert-OH is 1. The van der Waals surface area contributed by atoms with Crippen molar-refractivity contribution in [2.75, 3.05) is 6.61 Å². The number of aromatic nitrogens is 2. The molecule has 0 radical (unpaired) electrons. The summed E-state index contributed by atoms with van der Waals surface area (Å²) in [6, 6.07) is 7.63. The van der Waals surface area contributed by atoms with Gasteiger partial charge in [-0.1, -0.05) is 12.8 Å². The van der Waals surface area contributed by atoms with Crippen LogP contribution in [0.3, 0.4) is 0 Å². The Morgan fingerprint density at radius 2 is 2.00 bits per heavy atom. The summed E-state index contributed by atoms with van der Waals surface area (Å²) in [5, 5.41) is 19.5. The van der Waals surface area contributed by atoms with E-state index in [9.17, 15) is 14.3 Å². The predicted octanol–water partition coefficient (Wildman–Crippen LogP) is 2.36. The number of amides is 2. The van der Waals surface area contributed by atoms with Crippen LogP contribution in [0.1, 0.15) is 31.4 Å². The first-order valence-electron chi connectivity index (χ1n) is 8.61. The average Bonchev–Trinajstić information content (AvgIpc) is 3.10. The van der Waals surface area contributed by atoms with Crippen LogP contribution in [0.2, 0.25) is 0 Å². The Hall–Kier alpha value is -2.41. The molecule has 7 heteroatoms. The molecule has 3 N–H and O–H groups in total. The summed E-state index contributed by atoms with van der Waals surface area (Å²) in [4.78, 5) is 12.1. The number of rotatable bonds is 5. The lowest BCUT2D eigenvalue weighted by Crippen LogP contribution is -2.47. The zero-order valence-electron chi connectivity index (χ0n) is 14.0. The molecule has 1 aromatic heterocycles. The zero-order chi connectivity index (χ0) is 17.6. The smallest absolute Gasteiger partial charge is 0.315 e. The molecule has 3 rings (SSSR count). The number of nitrogens with zero attached hydrogens (tertiary/aromatic N) is 2. The molecule has 1 aliphatic carbocycles. The van der Waals surface area contributed by atoms with Gasteiger partial charge in [-0.05, 0) is 43.2 Å². The average molecular weight is 346 g/mol. The van der Waals surface area contributed by atoms with Gasteiger partial charge in [0.2, 0.25) is 0 Å². The summed E-state index contributed by atoms with van der Waals surface area (Å²) in [5.41, 5.74) is 1.46. The molecule has 0 bridgehead atoms. The number of hydrogen-bond acceptors (Lipinski definition) is 3. The van der Waals surface area contributed by atoms with E-state index in [1.165, 1.54) is 12.1 Å². The van der Waals surface area contributed by atoms with Crippen LogP contribution in [0.5, 0.6) is 0 Å². The van der Waals surface area contributed by atoms with Crippen molar-refractivity contribution in [1.29, 1.82) is 0 Å². The molecule has 1 fully saturated rings. The molecule has 1 aromatic carbocycles. The van der Waals surface area contributed by atoms with Gasteiger partial charge in [0, 0.05) is 24.8 Å². The van der Waals surface area contributed by atoms with Crippen molar-refractivity contribution in [3.05, 3.63) is 48.0 Å². The second-order valence-corrected chi connectivity index (χ2v) is 6.39. The van der Waals surface area contributed by atoms with Crippen LogP contribution < -0.4 is 10.6 Å². The Labute approximate surface area is 146 Å². The maximum absolute atomic E-state index is 13.0. The van der Waals surface area contributed by atoms with Crippen LogP contribution in [-0.2, 0) is 6.54 Å². The number of urea groups is 1. The van der Waals surface area contributed by atoms with E-state index >= 15 is 0 Å². The molecule has 1 saturated carbocycles. The largest absolute Gasteiger partial charge is 0.396 e. The normalized spacial score (nSPS) is 20.2. The van der Waals surface area contributed by atoms with Gasteiger partial charge < -0.3 is 15.7 Å². The summed E-state index contributed by atoms with van der Waals surface area (Å²) >= 11 is 0. The van der Waals surface area contributed by atoms with Gasteiger partial charge in [0.1, 0.15) is 5.82 Å². The lowest BCUT2D eigenvalue weighted by Gasteiger charge is -2.30. The van der Waals surface area contributed by atoms with E-state index in [4.69, 9.17) is 0 Å². The Balaban J connectivity index is 1.51. The number of nitrogens with one attached hydrogen (secondary N) is 2. The van der Waals surface area contributed by atoms with Gasteiger partial charge >= 0.3 is 6.03 Å². The highest BCUT2D eigenvalue weighted by atomic mass is 19.1. The fraction of sp³-hybridized carbons (Fsp3) is 0.444. The minimum absolute atomic E-state index is 0.0236. The fourth-order valence-electron chi connectivity index (χ4n) is 3.20. The SMILES string of the molecule is O=C(NCc1ccn(-c2ccc(F)cc2)n1)NC1CCCCC1CO. The summed E-state index contributed by atoms with van der Waals surface area (Å²) in [7, 11) is 0. The highest BCUT2D eigenvalue weighted by molar-refractivity contribution is 5.74. The molecule has 2 unspecified atom stereocenters. The monoisotopic (exact) mass is 346 g/mol. The van der Waals surface area contributed by atoms with Gasteiger partial charge in [0.25, 0.3) is 0 Å². The van der Waals surface area contributed by atoms with Crippen LogP contribution in [0.15, 0.2) is 36.5 Å². The van der Waals surface area contributed by atoms with Crippen molar-refractivity contribution >= 4 is 6.03 Å². The van der Waals surface area contributed by atoms with E-state index in [1.54, 1.807) is 29.1 Å². The maximum atomic E-state index is 13.0. The quantitative estimate of drug-likeness (QED) is 0.778. The van der Waals surface area contributed by atoms with E-state index < -0.39 is 0 Å². The van der Waals surface area contributed by atoms with Gasteiger partial charge in [0.05, 0.1) is 17.9 Å². The summed E-state index contributed by atoms with van der Waals surface area (Å²) in [6.45, 7) is 0.406. The highest BCUT2D eigenvalue weighted by Gasteiger charge is 2.25. The first-order valence-corrected chi connectivity index (χ1v) is 8.61. The third-order valence-electron chi connectivity index (χ3n) is 4.63. The third kappa shape index (κ3) is 4.57. The number of carbonyl (C=O) groups excluding carboxylic acids is 1. The standard InChI is InChI=1S/C18H23FN4O2/c19-14-5-7-16(8-6-14)23-10-9-15(22-23)11-20-18(25)21-17-4-2-1-3-13(17)12-24/h5-10,13,17,24H,1-4,11-12H2,(H2,20,21,25). The Morgan fingerprint density at radius 3 is 2.76 bits per heavy atom. The van der Waals surface area contributed by atoms with Gasteiger partial charge in [-0.15, -0.1) is 0 Å². The molecule has 0 spiro atoms. The molecular formula is C18H23FN4O2. The number of aliphatic hydroxyl groups is 1. The molecule has 0 aliphatic heterocycles. The van der Waals surface area contributed by atoms with Crippen LogP contribution >= 0.6 is 0 Å². The minimum Gasteiger partial charge on any atom is -0.396 e. The van der Waals surface area contributed by atoms with E-state index in [-0.39, 0.29) is 30.4 Å². The van der Waals surface area contributed by atoms with Gasteiger partial charge in [-0.2, -0.15) is 5.10 Å². The first kappa shape index (κ1) is 17.4. The molecule has 1 heterocycles. The minimum atomic E-state index is -0.293. The van der Waals surface area contributed by atoms with Gasteiger partial charge in [-0.3, -0.25) is 0 Å². The van der Waals surface area contributed by atoms with Crippen molar-refractivity contribution < 1.29 is 14.3 Å². The third-order valence-corrected chi connectivity index (χ3v) is 4.63. The van der Waals surface area contributed by atoms with Crippen LogP contribution in [0, 0.1) is 11.7 Å². The van der Waals surface area contributed by atoms with Crippen molar-refractivity contribution in [2.24, 2.45) is 5.92 Å². The Bertz CT molecular complexity index is 701. The fourth-order valence-corrected chi connectivity index (χ4v) is 3.20. The molecule has 6 nitrogen and oxygen atoms in total. The highest BCUT2D eigenvalue weighted by Crippen LogP contribution is 2.23. The summed E-state index contributed by atoms with van der Waals surface area (Å²) < 4.78 is 14.6. The van der Waals surface area contributed by atoms with Crippen LogP contribution in [0.25, 0.3) is 5.69 Å². The van der Waals surface area contributed by atoms with Gasteiger partial charge in [-0.25, -0.2) is 13.9 Å². The molecule has 1 aliphatic rings. The number of benzene rings is 1. The van der Waals surface area contributed by atoms with Gasteiger partial charge in [0.15, 0.2) is 0 Å². The first-order chi connectivity index (χ1) is 12.2. The zero-order valence-corrected chi connectivity index (χ0v) is 14.0. The maximum Gasteiger partial charge on any atom is 0.315 e. The van der Waals surface area contributed by atoms with E-state index in [0.29, 0.717) is 12.2 Å². The predicted molar refractivity (Wildman–Crippen MR) is 91.7 cm³/mol. The molecule has 25 heavy (non-hydrogen) atoms. The summed E-state index contributed by atoms with van der Waals surface area (Å²) in [6.07, 6.45) is 5.79. The molecule has 0 saturated heterocycles. The van der Waals surface area contributed by atoms with Crippen molar-refractivity contribution in [1.82, 2.24) is 20.4 Å². The second-order valence-electron chi connectivity index (χ2n) is 6.39. The summed E-state index contributed by atoms with van der Waals surface area (Å²) in [5.74, 6) is -0.157. The molecule has 2 amide bonds. The molecular weight excluding hydrogens is 323 g/mol. The number of halogens is 1. The van der Waals surface area contributed by atoms with Crippen molar-refractivity contribution in [3.8, 4) is 5.69 Å². The molecule has 134 valence electrons. The molecule has 2 atom stereocenters. The van der Waals surface area contributed by atoms with Crippen molar-refractivity contribution in [2.45, 2.75) is 38.3 Å². The number of carbonyl (C=O) groups is 1. The van der Waals surface area contributed by atoms with E-state index in [2.05, 4.69) is 15.7 Å². The lowest BCUT2D eigenvalue weighted by atomic mass is 9.85. The lowest BCUT2D eigenvalue weighted by molar-refractivity contribution is 0.153. The topological polar surface area (TPSA) is 79.2 Å². The Morgan fingerprint density at radius 1 is 1.24 bits per heavy atom. The van der Waals surface area contributed by atoms with E-state index in [0.717, 1.165) is 31.4 Å². The van der Waals surface area contributed by atoms with Crippen LogP contribution in [-0.4, -0.2) is 33.6 Å². The molecule has 2 aromatic rings. The van der Waals surface area contributed by atoms with Crippen molar-refractivity contribution in [3.63, 3.8) is 0 Å². The second kappa shape index (κ2) is 8.11. The Kier molecular flexibility index (Phi) is 5.65. The number of hydrogen-bond donors (Lipinski definition) is 3.